The number of rotatable bonds is 3. The van der Waals surface area contributed by atoms with Crippen LogP contribution in [-0.2, 0) is 0 Å². The lowest BCUT2D eigenvalue weighted by molar-refractivity contribution is 0.0906. The largest absolute Gasteiger partial charge is 0.365 e. The molecule has 5 nitrogen and oxygen atoms in total. The van der Waals surface area contributed by atoms with Crippen LogP contribution in [0.2, 0.25) is 0 Å². The van der Waals surface area contributed by atoms with Crippen molar-refractivity contribution in [2.45, 2.75) is 24.9 Å². The molecule has 0 aliphatic heterocycles. The van der Waals surface area contributed by atoms with E-state index in [-0.39, 0.29) is 18.0 Å². The van der Waals surface area contributed by atoms with E-state index in [0.29, 0.717) is 5.69 Å². The molecule has 0 atom stereocenters. The Morgan fingerprint density at radius 2 is 2.40 bits per heavy atom. The summed E-state index contributed by atoms with van der Waals surface area (Å²) in [7, 11) is 1.78. The van der Waals surface area contributed by atoms with Gasteiger partial charge in [-0.05, 0) is 12.8 Å². The fourth-order valence-electron chi connectivity index (χ4n) is 1.53. The minimum Gasteiger partial charge on any atom is -0.365 e. The topological polar surface area (TPSA) is 80.0 Å². The van der Waals surface area contributed by atoms with Gasteiger partial charge in [0, 0.05) is 24.5 Å². The van der Waals surface area contributed by atoms with E-state index in [1.165, 1.54) is 11.3 Å². The van der Waals surface area contributed by atoms with Gasteiger partial charge in [-0.2, -0.15) is 0 Å². The number of amides is 1. The zero-order valence-corrected chi connectivity index (χ0v) is 9.30. The van der Waals surface area contributed by atoms with Gasteiger partial charge in [-0.25, -0.2) is 4.98 Å². The molecule has 0 unspecified atom stereocenters. The number of aromatic nitrogens is 1. The number of carbonyl (C=O) groups excluding carboxylic acids is 1. The zero-order chi connectivity index (χ0) is 10.8. The molecule has 1 aromatic heterocycles. The van der Waals surface area contributed by atoms with Crippen LogP contribution in [0.25, 0.3) is 0 Å². The third-order valence-electron chi connectivity index (χ3n) is 2.46. The van der Waals surface area contributed by atoms with Crippen LogP contribution in [0.5, 0.6) is 0 Å². The molecule has 6 heteroatoms. The molecule has 1 aliphatic rings. The highest BCUT2D eigenvalue weighted by atomic mass is 32.1. The predicted octanol–water partition coefficient (Wildman–Crippen LogP) is 0.404. The van der Waals surface area contributed by atoms with Crippen LogP contribution < -0.4 is 16.4 Å². The lowest BCUT2D eigenvalue weighted by Crippen LogP contribution is -2.50. The summed E-state index contributed by atoms with van der Waals surface area (Å²) in [5.41, 5.74) is 6.11. The van der Waals surface area contributed by atoms with Gasteiger partial charge in [-0.15, -0.1) is 11.3 Å². The smallest absolute Gasteiger partial charge is 0.271 e. The Morgan fingerprint density at radius 3 is 2.93 bits per heavy atom. The second kappa shape index (κ2) is 4.16. The van der Waals surface area contributed by atoms with Gasteiger partial charge in [0.05, 0.1) is 0 Å². The van der Waals surface area contributed by atoms with Crippen LogP contribution in [0, 0.1) is 0 Å². The first-order valence-electron chi connectivity index (χ1n) is 4.88. The van der Waals surface area contributed by atoms with Crippen molar-refractivity contribution in [3.05, 3.63) is 11.1 Å². The third kappa shape index (κ3) is 2.27. The molecule has 1 amide bonds. The predicted molar refractivity (Wildman–Crippen MR) is 60.1 cm³/mol. The molecule has 1 heterocycles. The van der Waals surface area contributed by atoms with E-state index < -0.39 is 0 Å². The molecule has 82 valence electrons. The van der Waals surface area contributed by atoms with Crippen LogP contribution in [0.3, 0.4) is 0 Å². The van der Waals surface area contributed by atoms with Gasteiger partial charge in [-0.1, -0.05) is 0 Å². The van der Waals surface area contributed by atoms with Crippen molar-refractivity contribution >= 4 is 22.4 Å². The van der Waals surface area contributed by atoms with Crippen molar-refractivity contribution in [1.82, 2.24) is 10.3 Å². The molecule has 1 aliphatic carbocycles. The second-order valence-corrected chi connectivity index (χ2v) is 4.55. The molecule has 4 N–H and O–H groups in total. The maximum absolute atomic E-state index is 11.6. The van der Waals surface area contributed by atoms with E-state index in [4.69, 9.17) is 5.73 Å². The van der Waals surface area contributed by atoms with E-state index >= 15 is 0 Å². The molecule has 1 saturated carbocycles. The summed E-state index contributed by atoms with van der Waals surface area (Å²) in [5, 5.41) is 8.30. The number of nitrogens with zero attached hydrogens (tertiary/aromatic N) is 1. The Balaban J connectivity index is 1.90. The molecule has 0 spiro atoms. The quantitative estimate of drug-likeness (QED) is 0.697. The van der Waals surface area contributed by atoms with Gasteiger partial charge < -0.3 is 16.4 Å². The standard InChI is InChI=1S/C9H14N4OS/c1-11-9-13-7(4-15-9)8(14)12-6-2-5(10)3-6/h4-6H,2-3,10H2,1H3,(H,11,13)(H,12,14). The molecular formula is C9H14N4OS. The minimum atomic E-state index is -0.107. The van der Waals surface area contributed by atoms with Gasteiger partial charge in [0.1, 0.15) is 5.69 Å². The fourth-order valence-corrected chi connectivity index (χ4v) is 2.18. The van der Waals surface area contributed by atoms with E-state index in [1.54, 1.807) is 12.4 Å². The average molecular weight is 226 g/mol. The number of thiazole rings is 1. The molecule has 0 aromatic carbocycles. The summed E-state index contributed by atoms with van der Waals surface area (Å²) in [4.78, 5) is 15.8. The number of carbonyl (C=O) groups is 1. The first kappa shape index (κ1) is 10.4. The first-order chi connectivity index (χ1) is 7.19. The summed E-state index contributed by atoms with van der Waals surface area (Å²) < 4.78 is 0. The molecule has 0 radical (unpaired) electrons. The van der Waals surface area contributed by atoms with Crippen molar-refractivity contribution in [3.63, 3.8) is 0 Å². The van der Waals surface area contributed by atoms with Crippen molar-refractivity contribution in [1.29, 1.82) is 0 Å². The lowest BCUT2D eigenvalue weighted by Gasteiger charge is -2.32. The zero-order valence-electron chi connectivity index (χ0n) is 8.49. The van der Waals surface area contributed by atoms with E-state index in [0.717, 1.165) is 18.0 Å². The van der Waals surface area contributed by atoms with Crippen LogP contribution in [0.1, 0.15) is 23.3 Å². The molecule has 1 aromatic rings. The van der Waals surface area contributed by atoms with E-state index in [1.807, 2.05) is 0 Å². The highest BCUT2D eigenvalue weighted by Crippen LogP contribution is 2.19. The van der Waals surface area contributed by atoms with Crippen molar-refractivity contribution < 1.29 is 4.79 Å². The summed E-state index contributed by atoms with van der Waals surface area (Å²) in [6.07, 6.45) is 1.74. The Morgan fingerprint density at radius 1 is 1.67 bits per heavy atom. The van der Waals surface area contributed by atoms with Crippen LogP contribution in [0.15, 0.2) is 5.38 Å². The summed E-state index contributed by atoms with van der Waals surface area (Å²) in [6, 6.07) is 0.478. The number of hydrogen-bond donors (Lipinski definition) is 3. The van der Waals surface area contributed by atoms with Crippen molar-refractivity contribution in [2.24, 2.45) is 5.73 Å². The highest BCUT2D eigenvalue weighted by Gasteiger charge is 2.27. The maximum atomic E-state index is 11.6. The van der Waals surface area contributed by atoms with Crippen LogP contribution in [0.4, 0.5) is 5.13 Å². The third-order valence-corrected chi connectivity index (χ3v) is 3.32. The maximum Gasteiger partial charge on any atom is 0.271 e. The summed E-state index contributed by atoms with van der Waals surface area (Å²) >= 11 is 1.42. The fraction of sp³-hybridized carbons (Fsp3) is 0.556. The van der Waals surface area contributed by atoms with Crippen LogP contribution >= 0.6 is 11.3 Å². The molecule has 0 saturated heterocycles. The number of hydrogen-bond acceptors (Lipinski definition) is 5. The van der Waals surface area contributed by atoms with Gasteiger partial charge in [-0.3, -0.25) is 4.79 Å². The second-order valence-electron chi connectivity index (χ2n) is 3.69. The van der Waals surface area contributed by atoms with Gasteiger partial charge in [0.25, 0.3) is 5.91 Å². The summed E-state index contributed by atoms with van der Waals surface area (Å²) in [5.74, 6) is -0.107. The first-order valence-corrected chi connectivity index (χ1v) is 5.76. The van der Waals surface area contributed by atoms with Crippen molar-refractivity contribution in [2.75, 3.05) is 12.4 Å². The number of nitrogens with one attached hydrogen (secondary N) is 2. The number of nitrogens with two attached hydrogens (primary N) is 1. The molecule has 15 heavy (non-hydrogen) atoms. The Labute approximate surface area is 92.1 Å². The SMILES string of the molecule is CNc1nc(C(=O)NC2CC(N)C2)cs1. The molecule has 0 bridgehead atoms. The minimum absolute atomic E-state index is 0.107. The summed E-state index contributed by atoms with van der Waals surface area (Å²) in [6.45, 7) is 0. The lowest BCUT2D eigenvalue weighted by atomic mass is 9.87. The monoisotopic (exact) mass is 226 g/mol. The number of anilines is 1. The Kier molecular flexibility index (Phi) is 2.88. The van der Waals surface area contributed by atoms with E-state index in [2.05, 4.69) is 15.6 Å². The van der Waals surface area contributed by atoms with Gasteiger partial charge in [0.15, 0.2) is 5.13 Å². The normalized spacial score (nSPS) is 24.4. The van der Waals surface area contributed by atoms with Gasteiger partial charge in [0.2, 0.25) is 0 Å². The average Bonchev–Trinajstić information content (AvgIpc) is 2.63. The Bertz CT molecular complexity index is 359. The Hall–Kier alpha value is -1.14. The van der Waals surface area contributed by atoms with Crippen LogP contribution in [-0.4, -0.2) is 30.0 Å². The highest BCUT2D eigenvalue weighted by molar-refractivity contribution is 7.13. The van der Waals surface area contributed by atoms with Crippen molar-refractivity contribution in [3.8, 4) is 0 Å². The molecule has 1 fully saturated rings. The molecule has 2 rings (SSSR count). The molecular weight excluding hydrogens is 212 g/mol. The van der Waals surface area contributed by atoms with E-state index in [9.17, 15) is 4.79 Å². The van der Waals surface area contributed by atoms with Gasteiger partial charge >= 0.3 is 0 Å².